The Morgan fingerprint density at radius 2 is 2.06 bits per heavy atom. The maximum atomic E-state index is 4.44. The lowest BCUT2D eigenvalue weighted by Crippen LogP contribution is -2.19. The largest absolute Gasteiger partial charge is 0.310 e. The Morgan fingerprint density at radius 1 is 1.24 bits per heavy atom. The molecule has 1 N–H and O–H groups in total. The van der Waals surface area contributed by atoms with Gasteiger partial charge in [-0.25, -0.2) is 0 Å². The van der Waals surface area contributed by atoms with Gasteiger partial charge in [-0.1, -0.05) is 40.0 Å². The molecule has 0 fully saturated rings. The van der Waals surface area contributed by atoms with Crippen LogP contribution >= 0.6 is 0 Å². The van der Waals surface area contributed by atoms with Crippen molar-refractivity contribution in [1.29, 1.82) is 0 Å². The van der Waals surface area contributed by atoms with Crippen molar-refractivity contribution >= 4 is 0 Å². The predicted octanol–water partition coefficient (Wildman–Crippen LogP) is 3.52. The smallest absolute Gasteiger partial charge is 0.0537 e. The molecule has 1 aromatic rings. The molecule has 0 aliphatic rings. The summed E-state index contributed by atoms with van der Waals surface area (Å²) < 4.78 is 2.09. The number of nitrogens with one attached hydrogen (secondary N) is 1. The van der Waals surface area contributed by atoms with Crippen LogP contribution in [0.2, 0.25) is 0 Å². The van der Waals surface area contributed by atoms with E-state index in [4.69, 9.17) is 0 Å². The molecule has 1 rings (SSSR count). The van der Waals surface area contributed by atoms with Crippen LogP contribution in [0.25, 0.3) is 0 Å². The standard InChI is InChI=1S/C14H27N3/c1-4-7-8-9-10-17-12-13(11-16-17)14(5-2)15-6-3/h11-12,14-15H,4-10H2,1-3H3. The SMILES string of the molecule is CCCCCCn1cc(C(CC)NCC)cn1. The van der Waals surface area contributed by atoms with Gasteiger partial charge in [0.25, 0.3) is 0 Å². The van der Waals surface area contributed by atoms with Gasteiger partial charge in [-0.3, -0.25) is 4.68 Å². The first-order chi connectivity index (χ1) is 8.31. The van der Waals surface area contributed by atoms with E-state index < -0.39 is 0 Å². The van der Waals surface area contributed by atoms with Gasteiger partial charge in [-0.2, -0.15) is 5.10 Å². The minimum absolute atomic E-state index is 0.462. The normalized spacial score (nSPS) is 12.9. The zero-order valence-electron chi connectivity index (χ0n) is 11.6. The summed E-state index contributed by atoms with van der Waals surface area (Å²) in [7, 11) is 0. The molecule has 1 aromatic heterocycles. The summed E-state index contributed by atoms with van der Waals surface area (Å²) in [5.41, 5.74) is 1.32. The molecule has 3 nitrogen and oxygen atoms in total. The average Bonchev–Trinajstić information content (AvgIpc) is 2.80. The second kappa shape index (κ2) is 8.29. The molecule has 0 amide bonds. The molecule has 17 heavy (non-hydrogen) atoms. The quantitative estimate of drug-likeness (QED) is 0.666. The summed E-state index contributed by atoms with van der Waals surface area (Å²) in [5, 5.41) is 7.93. The van der Waals surface area contributed by atoms with Crippen LogP contribution in [0.5, 0.6) is 0 Å². The lowest BCUT2D eigenvalue weighted by Gasteiger charge is -2.13. The van der Waals surface area contributed by atoms with E-state index in [1.54, 1.807) is 0 Å². The number of aryl methyl sites for hydroxylation is 1. The van der Waals surface area contributed by atoms with Gasteiger partial charge in [0.15, 0.2) is 0 Å². The maximum Gasteiger partial charge on any atom is 0.0537 e. The summed E-state index contributed by atoms with van der Waals surface area (Å²) in [6.45, 7) is 8.68. The number of hydrogen-bond donors (Lipinski definition) is 1. The van der Waals surface area contributed by atoms with Crippen molar-refractivity contribution in [3.05, 3.63) is 18.0 Å². The van der Waals surface area contributed by atoms with E-state index >= 15 is 0 Å². The van der Waals surface area contributed by atoms with Crippen LogP contribution in [0, 0.1) is 0 Å². The molecule has 3 heteroatoms. The van der Waals surface area contributed by atoms with Crippen LogP contribution in [0.1, 0.15) is 64.5 Å². The fourth-order valence-electron chi connectivity index (χ4n) is 2.13. The Hall–Kier alpha value is -0.830. The highest BCUT2D eigenvalue weighted by Crippen LogP contribution is 2.15. The molecule has 1 atom stereocenters. The van der Waals surface area contributed by atoms with E-state index in [0.717, 1.165) is 19.5 Å². The summed E-state index contributed by atoms with van der Waals surface area (Å²) in [6.07, 6.45) is 10.5. The minimum Gasteiger partial charge on any atom is -0.310 e. The molecule has 1 unspecified atom stereocenters. The van der Waals surface area contributed by atoms with Gasteiger partial charge in [0, 0.05) is 24.3 Å². The van der Waals surface area contributed by atoms with Gasteiger partial charge in [0.1, 0.15) is 0 Å². The third-order valence-corrected chi connectivity index (χ3v) is 3.16. The van der Waals surface area contributed by atoms with Gasteiger partial charge in [-0.05, 0) is 19.4 Å². The zero-order chi connectivity index (χ0) is 12.5. The first-order valence-electron chi connectivity index (χ1n) is 7.07. The van der Waals surface area contributed by atoms with Crippen LogP contribution in [0.4, 0.5) is 0 Å². The summed E-state index contributed by atoms with van der Waals surface area (Å²) >= 11 is 0. The molecule has 98 valence electrons. The lowest BCUT2D eigenvalue weighted by atomic mass is 10.1. The molecule has 0 aromatic carbocycles. The van der Waals surface area contributed by atoms with Crippen LogP contribution in [-0.4, -0.2) is 16.3 Å². The van der Waals surface area contributed by atoms with Crippen molar-refractivity contribution in [2.24, 2.45) is 0 Å². The molecular weight excluding hydrogens is 210 g/mol. The van der Waals surface area contributed by atoms with Crippen molar-refractivity contribution < 1.29 is 0 Å². The van der Waals surface area contributed by atoms with E-state index in [-0.39, 0.29) is 0 Å². The lowest BCUT2D eigenvalue weighted by molar-refractivity contribution is 0.528. The fraction of sp³-hybridized carbons (Fsp3) is 0.786. The van der Waals surface area contributed by atoms with E-state index in [0.29, 0.717) is 6.04 Å². The first-order valence-corrected chi connectivity index (χ1v) is 7.07. The zero-order valence-corrected chi connectivity index (χ0v) is 11.6. The maximum absolute atomic E-state index is 4.44. The van der Waals surface area contributed by atoms with E-state index in [2.05, 4.69) is 42.1 Å². The van der Waals surface area contributed by atoms with Gasteiger partial charge < -0.3 is 5.32 Å². The Morgan fingerprint density at radius 3 is 2.71 bits per heavy atom. The third kappa shape index (κ3) is 4.90. The highest BCUT2D eigenvalue weighted by atomic mass is 15.3. The molecular formula is C14H27N3. The summed E-state index contributed by atoms with van der Waals surface area (Å²) in [5.74, 6) is 0. The molecule has 0 radical (unpaired) electrons. The van der Waals surface area contributed by atoms with Crippen LogP contribution < -0.4 is 5.32 Å². The van der Waals surface area contributed by atoms with Gasteiger partial charge in [-0.15, -0.1) is 0 Å². The number of nitrogens with zero attached hydrogens (tertiary/aromatic N) is 2. The number of hydrogen-bond acceptors (Lipinski definition) is 2. The number of unbranched alkanes of at least 4 members (excludes halogenated alkanes) is 3. The Kier molecular flexibility index (Phi) is 6.94. The predicted molar refractivity (Wildman–Crippen MR) is 73.1 cm³/mol. The first kappa shape index (κ1) is 14.2. The van der Waals surface area contributed by atoms with Gasteiger partial charge >= 0.3 is 0 Å². The second-order valence-electron chi connectivity index (χ2n) is 4.62. The monoisotopic (exact) mass is 237 g/mol. The summed E-state index contributed by atoms with van der Waals surface area (Å²) in [6, 6.07) is 0.462. The van der Waals surface area contributed by atoms with E-state index in [1.165, 1.54) is 31.2 Å². The summed E-state index contributed by atoms with van der Waals surface area (Å²) in [4.78, 5) is 0. The van der Waals surface area contributed by atoms with Crippen molar-refractivity contribution in [2.45, 2.75) is 65.5 Å². The van der Waals surface area contributed by atoms with Crippen LogP contribution in [0.15, 0.2) is 12.4 Å². The molecule has 0 aliphatic carbocycles. The van der Waals surface area contributed by atoms with Crippen molar-refractivity contribution in [3.8, 4) is 0 Å². The third-order valence-electron chi connectivity index (χ3n) is 3.16. The second-order valence-corrected chi connectivity index (χ2v) is 4.62. The number of rotatable bonds is 9. The number of aromatic nitrogens is 2. The Bertz CT molecular complexity index is 293. The molecule has 0 saturated carbocycles. The minimum atomic E-state index is 0.462. The van der Waals surface area contributed by atoms with Gasteiger partial charge in [0.2, 0.25) is 0 Å². The average molecular weight is 237 g/mol. The molecule has 0 saturated heterocycles. The molecule has 1 heterocycles. The molecule has 0 spiro atoms. The van der Waals surface area contributed by atoms with Gasteiger partial charge in [0.05, 0.1) is 6.20 Å². The Balaban J connectivity index is 2.40. The Labute approximate surface area is 106 Å². The molecule has 0 bridgehead atoms. The van der Waals surface area contributed by atoms with Crippen molar-refractivity contribution in [3.63, 3.8) is 0 Å². The van der Waals surface area contributed by atoms with E-state index in [9.17, 15) is 0 Å². The molecule has 0 aliphatic heterocycles. The highest BCUT2D eigenvalue weighted by molar-refractivity contribution is 5.10. The van der Waals surface area contributed by atoms with Crippen molar-refractivity contribution in [2.75, 3.05) is 6.54 Å². The van der Waals surface area contributed by atoms with Crippen LogP contribution in [0.3, 0.4) is 0 Å². The topological polar surface area (TPSA) is 29.9 Å². The van der Waals surface area contributed by atoms with Crippen LogP contribution in [-0.2, 0) is 6.54 Å². The highest BCUT2D eigenvalue weighted by Gasteiger charge is 2.09. The fourth-order valence-corrected chi connectivity index (χ4v) is 2.13. The van der Waals surface area contributed by atoms with Crippen molar-refractivity contribution in [1.82, 2.24) is 15.1 Å². The van der Waals surface area contributed by atoms with E-state index in [1.807, 2.05) is 6.20 Å².